The zero-order valence-electron chi connectivity index (χ0n) is 14.5. The molecule has 0 radical (unpaired) electrons. The Morgan fingerprint density at radius 2 is 1.91 bits per heavy atom. The number of hydrogen-bond donors (Lipinski definition) is 2. The number of hydrogen-bond acceptors (Lipinski definition) is 5. The van der Waals surface area contributed by atoms with E-state index in [1.54, 1.807) is 0 Å². The zero-order chi connectivity index (χ0) is 16.3. The average Bonchev–Trinajstić information content (AvgIpc) is 3.04. The topological polar surface area (TPSA) is 94.0 Å². The Morgan fingerprint density at radius 3 is 2.43 bits per heavy atom. The van der Waals surface area contributed by atoms with E-state index < -0.39 is 5.54 Å². The SMILES string of the molecule is CC(C)CC(=O)NC(c1nc(C2(N)CCCC2)no1)C(C)C.Cl. The number of nitrogens with one attached hydrogen (secondary N) is 1. The molecule has 3 N–H and O–H groups in total. The van der Waals surface area contributed by atoms with Crippen LogP contribution in [-0.4, -0.2) is 16.0 Å². The van der Waals surface area contributed by atoms with Gasteiger partial charge in [-0.2, -0.15) is 4.98 Å². The molecule has 0 spiro atoms. The molecule has 0 aliphatic heterocycles. The Bertz CT molecular complexity index is 510. The van der Waals surface area contributed by atoms with Crippen molar-refractivity contribution in [1.29, 1.82) is 0 Å². The summed E-state index contributed by atoms with van der Waals surface area (Å²) in [5, 5.41) is 7.08. The Labute approximate surface area is 144 Å². The van der Waals surface area contributed by atoms with Crippen LogP contribution in [0.4, 0.5) is 0 Å². The second-order valence-electron chi connectivity index (χ2n) is 7.21. The maximum absolute atomic E-state index is 12.0. The van der Waals surface area contributed by atoms with Crippen LogP contribution in [0.1, 0.15) is 77.6 Å². The zero-order valence-corrected chi connectivity index (χ0v) is 15.3. The summed E-state index contributed by atoms with van der Waals surface area (Å²) < 4.78 is 5.42. The van der Waals surface area contributed by atoms with E-state index >= 15 is 0 Å². The maximum atomic E-state index is 12.0. The van der Waals surface area contributed by atoms with Crippen molar-refractivity contribution < 1.29 is 9.32 Å². The van der Waals surface area contributed by atoms with E-state index in [2.05, 4.69) is 15.5 Å². The van der Waals surface area contributed by atoms with Gasteiger partial charge in [0.2, 0.25) is 11.8 Å². The normalized spacial score (nSPS) is 18.0. The largest absolute Gasteiger partial charge is 0.344 e. The van der Waals surface area contributed by atoms with E-state index in [1.165, 1.54) is 0 Å². The van der Waals surface area contributed by atoms with Gasteiger partial charge in [-0.05, 0) is 24.7 Å². The number of halogens is 1. The molecule has 7 heteroatoms. The molecule has 1 saturated carbocycles. The van der Waals surface area contributed by atoms with E-state index in [4.69, 9.17) is 10.3 Å². The lowest BCUT2D eigenvalue weighted by atomic mass is 9.98. The lowest BCUT2D eigenvalue weighted by Crippen LogP contribution is -2.35. The van der Waals surface area contributed by atoms with E-state index in [-0.39, 0.29) is 30.3 Å². The molecule has 1 aromatic rings. The van der Waals surface area contributed by atoms with Gasteiger partial charge in [0.15, 0.2) is 5.82 Å². The minimum Gasteiger partial charge on any atom is -0.344 e. The smallest absolute Gasteiger partial charge is 0.249 e. The van der Waals surface area contributed by atoms with Gasteiger partial charge in [-0.1, -0.05) is 45.7 Å². The molecular weight excluding hydrogens is 316 g/mol. The van der Waals surface area contributed by atoms with Gasteiger partial charge in [0.1, 0.15) is 6.04 Å². The fourth-order valence-electron chi connectivity index (χ4n) is 2.91. The number of carbonyl (C=O) groups is 1. The van der Waals surface area contributed by atoms with Crippen LogP contribution in [0.25, 0.3) is 0 Å². The Morgan fingerprint density at radius 1 is 1.30 bits per heavy atom. The fraction of sp³-hybridized carbons (Fsp3) is 0.812. The Kier molecular flexibility index (Phi) is 7.02. The molecule has 1 fully saturated rings. The first-order chi connectivity index (χ1) is 10.3. The van der Waals surface area contributed by atoms with Crippen molar-refractivity contribution in [2.75, 3.05) is 0 Å². The van der Waals surface area contributed by atoms with Crippen LogP contribution < -0.4 is 11.1 Å². The second kappa shape index (κ2) is 8.11. The molecule has 1 aliphatic carbocycles. The number of nitrogens with two attached hydrogens (primary N) is 1. The number of aromatic nitrogens is 2. The molecule has 1 aliphatic rings. The van der Waals surface area contributed by atoms with Crippen molar-refractivity contribution in [2.45, 2.75) is 71.4 Å². The molecule has 1 aromatic heterocycles. The van der Waals surface area contributed by atoms with Crippen molar-refractivity contribution in [3.05, 3.63) is 11.7 Å². The van der Waals surface area contributed by atoms with E-state index in [9.17, 15) is 4.79 Å². The summed E-state index contributed by atoms with van der Waals surface area (Å²) >= 11 is 0. The third kappa shape index (κ3) is 4.91. The molecule has 0 saturated heterocycles. The summed E-state index contributed by atoms with van der Waals surface area (Å²) in [7, 11) is 0. The second-order valence-corrected chi connectivity index (χ2v) is 7.21. The highest BCUT2D eigenvalue weighted by Gasteiger charge is 2.37. The maximum Gasteiger partial charge on any atom is 0.249 e. The first kappa shape index (κ1) is 19.9. The predicted molar refractivity (Wildman–Crippen MR) is 91.1 cm³/mol. The van der Waals surface area contributed by atoms with Crippen LogP contribution in [0.15, 0.2) is 4.52 Å². The van der Waals surface area contributed by atoms with Crippen LogP contribution in [0, 0.1) is 11.8 Å². The first-order valence-corrected chi connectivity index (χ1v) is 8.24. The third-order valence-corrected chi connectivity index (χ3v) is 4.23. The summed E-state index contributed by atoms with van der Waals surface area (Å²) in [5.41, 5.74) is 5.90. The molecule has 132 valence electrons. The molecule has 23 heavy (non-hydrogen) atoms. The van der Waals surface area contributed by atoms with Gasteiger partial charge < -0.3 is 15.6 Å². The lowest BCUT2D eigenvalue weighted by Gasteiger charge is -2.20. The standard InChI is InChI=1S/C16H28N4O2.ClH/c1-10(2)9-12(21)18-13(11(3)4)14-19-15(20-22-14)16(17)7-5-6-8-16;/h10-11,13H,5-9,17H2,1-4H3,(H,18,21);1H. The van der Waals surface area contributed by atoms with E-state index in [0.717, 1.165) is 25.7 Å². The molecule has 2 rings (SSSR count). The number of carbonyl (C=O) groups excluding carboxylic acids is 1. The van der Waals surface area contributed by atoms with Gasteiger partial charge in [0.05, 0.1) is 5.54 Å². The molecular formula is C16H29ClN4O2. The molecule has 6 nitrogen and oxygen atoms in total. The highest BCUT2D eigenvalue weighted by Crippen LogP contribution is 2.35. The minimum atomic E-state index is -0.467. The van der Waals surface area contributed by atoms with Crippen LogP contribution in [0.5, 0.6) is 0 Å². The Balaban J connectivity index is 0.00000264. The van der Waals surface area contributed by atoms with Crippen LogP contribution in [-0.2, 0) is 10.3 Å². The van der Waals surface area contributed by atoms with Crippen molar-refractivity contribution >= 4 is 18.3 Å². The van der Waals surface area contributed by atoms with Gasteiger partial charge in [-0.3, -0.25) is 4.79 Å². The highest BCUT2D eigenvalue weighted by atomic mass is 35.5. The quantitative estimate of drug-likeness (QED) is 0.827. The average molecular weight is 345 g/mol. The van der Waals surface area contributed by atoms with Gasteiger partial charge >= 0.3 is 0 Å². The monoisotopic (exact) mass is 344 g/mol. The van der Waals surface area contributed by atoms with Crippen LogP contribution in [0.3, 0.4) is 0 Å². The van der Waals surface area contributed by atoms with Crippen LogP contribution in [0.2, 0.25) is 0 Å². The van der Waals surface area contributed by atoms with Gasteiger partial charge in [-0.15, -0.1) is 12.4 Å². The van der Waals surface area contributed by atoms with E-state index in [1.807, 2.05) is 27.7 Å². The molecule has 0 bridgehead atoms. The summed E-state index contributed by atoms with van der Waals surface area (Å²) in [4.78, 5) is 16.5. The highest BCUT2D eigenvalue weighted by molar-refractivity contribution is 5.85. The molecule has 0 aromatic carbocycles. The summed E-state index contributed by atoms with van der Waals surface area (Å²) in [6.45, 7) is 8.09. The van der Waals surface area contributed by atoms with Crippen LogP contribution >= 0.6 is 12.4 Å². The number of nitrogens with zero attached hydrogens (tertiary/aromatic N) is 2. The van der Waals surface area contributed by atoms with Gasteiger partial charge in [0, 0.05) is 6.42 Å². The van der Waals surface area contributed by atoms with E-state index in [0.29, 0.717) is 24.1 Å². The number of amides is 1. The van der Waals surface area contributed by atoms with Gasteiger partial charge in [-0.25, -0.2) is 0 Å². The minimum absolute atomic E-state index is 0. The van der Waals surface area contributed by atoms with Crippen molar-refractivity contribution in [2.24, 2.45) is 17.6 Å². The van der Waals surface area contributed by atoms with Crippen molar-refractivity contribution in [3.63, 3.8) is 0 Å². The van der Waals surface area contributed by atoms with Crippen molar-refractivity contribution in [1.82, 2.24) is 15.5 Å². The number of rotatable bonds is 6. The molecule has 1 atom stereocenters. The summed E-state index contributed by atoms with van der Waals surface area (Å²) in [5.74, 6) is 1.53. The lowest BCUT2D eigenvalue weighted by molar-refractivity contribution is -0.123. The summed E-state index contributed by atoms with van der Waals surface area (Å²) in [6.07, 6.45) is 4.46. The fourth-order valence-corrected chi connectivity index (χ4v) is 2.91. The van der Waals surface area contributed by atoms with Crippen molar-refractivity contribution in [3.8, 4) is 0 Å². The molecule has 1 unspecified atom stereocenters. The third-order valence-electron chi connectivity index (χ3n) is 4.23. The molecule has 1 amide bonds. The molecule has 1 heterocycles. The Hall–Kier alpha value is -1.14. The summed E-state index contributed by atoms with van der Waals surface area (Å²) in [6, 6.07) is -0.266. The van der Waals surface area contributed by atoms with Gasteiger partial charge in [0.25, 0.3) is 0 Å². The predicted octanol–water partition coefficient (Wildman–Crippen LogP) is 3.08. The first-order valence-electron chi connectivity index (χ1n) is 8.24.